The quantitative estimate of drug-likeness (QED) is 0.753. The van der Waals surface area contributed by atoms with Crippen molar-refractivity contribution < 1.29 is 5.11 Å². The number of hydrogen-bond acceptors (Lipinski definition) is 4. The van der Waals surface area contributed by atoms with Gasteiger partial charge >= 0.3 is 0 Å². The molecule has 0 spiro atoms. The van der Waals surface area contributed by atoms with Gasteiger partial charge in [0.25, 0.3) is 5.56 Å². The van der Waals surface area contributed by atoms with Crippen LogP contribution in [0.3, 0.4) is 0 Å². The lowest BCUT2D eigenvalue weighted by molar-refractivity contribution is 0.0614. The van der Waals surface area contributed by atoms with Crippen molar-refractivity contribution in [2.45, 2.75) is 50.0 Å². The van der Waals surface area contributed by atoms with Gasteiger partial charge in [-0.3, -0.25) is 4.79 Å². The van der Waals surface area contributed by atoms with Crippen LogP contribution in [0.1, 0.15) is 50.3 Å². The molecule has 0 amide bonds. The van der Waals surface area contributed by atoms with Gasteiger partial charge in [-0.15, -0.1) is 0 Å². The Bertz CT molecular complexity index is 487. The molecule has 0 unspecified atom stereocenters. The molecular weight excluding hydrogens is 230 g/mol. The van der Waals surface area contributed by atoms with Gasteiger partial charge in [0, 0.05) is 18.5 Å². The number of nitrogens with one attached hydrogen (secondary N) is 2. The van der Waals surface area contributed by atoms with Crippen LogP contribution in [0, 0.1) is 0 Å². The van der Waals surface area contributed by atoms with E-state index in [-0.39, 0.29) is 5.56 Å². The highest BCUT2D eigenvalue weighted by molar-refractivity contribution is 5.34. The van der Waals surface area contributed by atoms with E-state index in [2.05, 4.69) is 15.3 Å². The molecule has 3 N–H and O–H groups in total. The van der Waals surface area contributed by atoms with E-state index >= 15 is 0 Å². The molecule has 1 aromatic heterocycles. The third-order valence-electron chi connectivity index (χ3n) is 3.86. The third-order valence-corrected chi connectivity index (χ3v) is 3.86. The molecule has 3 rings (SSSR count). The highest BCUT2D eigenvalue weighted by Gasteiger charge is 2.31. The zero-order valence-electron chi connectivity index (χ0n) is 10.4. The van der Waals surface area contributed by atoms with Gasteiger partial charge in [0.2, 0.25) is 0 Å². The van der Waals surface area contributed by atoms with Gasteiger partial charge in [-0.2, -0.15) is 0 Å². The van der Waals surface area contributed by atoms with E-state index in [1.165, 1.54) is 6.07 Å². The van der Waals surface area contributed by atoms with Crippen molar-refractivity contribution in [2.75, 3.05) is 11.9 Å². The van der Waals surface area contributed by atoms with Crippen molar-refractivity contribution >= 4 is 5.82 Å². The van der Waals surface area contributed by atoms with Crippen LogP contribution in [-0.4, -0.2) is 27.2 Å². The standard InChI is InChI=1S/C13H19N3O2/c17-11-7-10(15-12(16-11)9-3-4-9)14-8-13(18)5-1-2-6-13/h7,9,18H,1-6,8H2,(H2,14,15,16,17). The maximum absolute atomic E-state index is 11.5. The van der Waals surface area contributed by atoms with E-state index in [0.29, 0.717) is 18.3 Å². The zero-order chi connectivity index (χ0) is 12.6. The Morgan fingerprint density at radius 2 is 2.17 bits per heavy atom. The van der Waals surface area contributed by atoms with Crippen molar-refractivity contribution in [2.24, 2.45) is 0 Å². The van der Waals surface area contributed by atoms with Gasteiger partial charge in [0.15, 0.2) is 0 Å². The highest BCUT2D eigenvalue weighted by Crippen LogP contribution is 2.37. The Hall–Kier alpha value is -1.36. The molecule has 2 saturated carbocycles. The second kappa shape index (κ2) is 4.39. The summed E-state index contributed by atoms with van der Waals surface area (Å²) in [5.41, 5.74) is -0.739. The van der Waals surface area contributed by atoms with Crippen LogP contribution >= 0.6 is 0 Å². The Morgan fingerprint density at radius 3 is 2.83 bits per heavy atom. The molecule has 1 heterocycles. The highest BCUT2D eigenvalue weighted by atomic mass is 16.3. The Labute approximate surface area is 106 Å². The Kier molecular flexibility index (Phi) is 2.86. The predicted octanol–water partition coefficient (Wildman–Crippen LogP) is 1.36. The molecular formula is C13H19N3O2. The summed E-state index contributed by atoms with van der Waals surface area (Å²) in [5.74, 6) is 1.79. The van der Waals surface area contributed by atoms with Crippen molar-refractivity contribution in [1.82, 2.24) is 9.97 Å². The van der Waals surface area contributed by atoms with Crippen LogP contribution in [0.5, 0.6) is 0 Å². The molecule has 0 bridgehead atoms. The molecule has 2 fully saturated rings. The lowest BCUT2D eigenvalue weighted by Crippen LogP contribution is -2.34. The van der Waals surface area contributed by atoms with Gasteiger partial charge in [-0.05, 0) is 25.7 Å². The van der Waals surface area contributed by atoms with Crippen LogP contribution in [0.25, 0.3) is 0 Å². The second-order valence-corrected chi connectivity index (χ2v) is 5.58. The molecule has 5 nitrogen and oxygen atoms in total. The topological polar surface area (TPSA) is 78.0 Å². The fourth-order valence-corrected chi connectivity index (χ4v) is 2.58. The van der Waals surface area contributed by atoms with Gasteiger partial charge in [-0.1, -0.05) is 12.8 Å². The summed E-state index contributed by atoms with van der Waals surface area (Å²) in [6.45, 7) is 0.480. The summed E-state index contributed by atoms with van der Waals surface area (Å²) in [6.07, 6.45) is 6.03. The van der Waals surface area contributed by atoms with Gasteiger partial charge in [0.1, 0.15) is 11.6 Å². The number of nitrogens with zero attached hydrogens (tertiary/aromatic N) is 1. The molecule has 1 aromatic rings. The lowest BCUT2D eigenvalue weighted by atomic mass is 10.0. The minimum Gasteiger partial charge on any atom is -0.388 e. The Morgan fingerprint density at radius 1 is 1.44 bits per heavy atom. The summed E-state index contributed by atoms with van der Waals surface area (Å²) in [5, 5.41) is 13.3. The number of aromatic amines is 1. The van der Waals surface area contributed by atoms with E-state index in [1.807, 2.05) is 0 Å². The molecule has 18 heavy (non-hydrogen) atoms. The SMILES string of the molecule is O=c1cc(NCC2(O)CCCC2)nc(C2CC2)[nH]1. The molecule has 0 aromatic carbocycles. The number of aliphatic hydroxyl groups is 1. The number of H-pyrrole nitrogens is 1. The van der Waals surface area contributed by atoms with Crippen molar-refractivity contribution in [3.05, 3.63) is 22.2 Å². The fourth-order valence-electron chi connectivity index (χ4n) is 2.58. The molecule has 5 heteroatoms. The summed E-state index contributed by atoms with van der Waals surface area (Å²) in [7, 11) is 0. The summed E-state index contributed by atoms with van der Waals surface area (Å²) < 4.78 is 0. The minimum absolute atomic E-state index is 0.118. The number of aromatic nitrogens is 2. The molecule has 2 aliphatic rings. The molecule has 0 radical (unpaired) electrons. The zero-order valence-corrected chi connectivity index (χ0v) is 10.4. The number of hydrogen-bond donors (Lipinski definition) is 3. The summed E-state index contributed by atoms with van der Waals surface area (Å²) in [4.78, 5) is 18.7. The Balaban J connectivity index is 1.70. The van der Waals surface area contributed by atoms with Crippen molar-refractivity contribution in [1.29, 1.82) is 0 Å². The van der Waals surface area contributed by atoms with E-state index in [9.17, 15) is 9.90 Å². The first-order valence-corrected chi connectivity index (χ1v) is 6.72. The molecule has 0 atom stereocenters. The normalized spacial score (nSPS) is 22.1. The van der Waals surface area contributed by atoms with Crippen molar-refractivity contribution in [3.63, 3.8) is 0 Å². The first kappa shape index (κ1) is 11.7. The van der Waals surface area contributed by atoms with Gasteiger partial charge in [0.05, 0.1) is 5.60 Å². The van der Waals surface area contributed by atoms with E-state index < -0.39 is 5.60 Å². The largest absolute Gasteiger partial charge is 0.388 e. The maximum atomic E-state index is 11.5. The fraction of sp³-hybridized carbons (Fsp3) is 0.692. The van der Waals surface area contributed by atoms with Crippen LogP contribution < -0.4 is 10.9 Å². The molecule has 98 valence electrons. The average Bonchev–Trinajstić information content (AvgIpc) is 3.10. The van der Waals surface area contributed by atoms with Crippen LogP contribution in [0.2, 0.25) is 0 Å². The van der Waals surface area contributed by atoms with E-state index in [4.69, 9.17) is 0 Å². The first-order chi connectivity index (χ1) is 8.65. The minimum atomic E-state index is -0.621. The molecule has 0 aliphatic heterocycles. The van der Waals surface area contributed by atoms with E-state index in [1.54, 1.807) is 0 Å². The van der Waals surface area contributed by atoms with Crippen LogP contribution in [0.15, 0.2) is 10.9 Å². The van der Waals surface area contributed by atoms with Gasteiger partial charge < -0.3 is 15.4 Å². The maximum Gasteiger partial charge on any atom is 0.252 e. The number of rotatable bonds is 4. The second-order valence-electron chi connectivity index (χ2n) is 5.58. The van der Waals surface area contributed by atoms with Crippen molar-refractivity contribution in [3.8, 4) is 0 Å². The monoisotopic (exact) mass is 249 g/mol. The predicted molar refractivity (Wildman–Crippen MR) is 68.7 cm³/mol. The third kappa shape index (κ3) is 2.56. The smallest absolute Gasteiger partial charge is 0.252 e. The average molecular weight is 249 g/mol. The van der Waals surface area contributed by atoms with Crippen LogP contribution in [0.4, 0.5) is 5.82 Å². The number of anilines is 1. The summed E-state index contributed by atoms with van der Waals surface area (Å²) >= 11 is 0. The molecule has 0 saturated heterocycles. The van der Waals surface area contributed by atoms with Gasteiger partial charge in [-0.25, -0.2) is 4.98 Å². The van der Waals surface area contributed by atoms with Crippen LogP contribution in [-0.2, 0) is 0 Å². The van der Waals surface area contributed by atoms with E-state index in [0.717, 1.165) is 44.3 Å². The first-order valence-electron chi connectivity index (χ1n) is 6.72. The lowest BCUT2D eigenvalue weighted by Gasteiger charge is -2.22. The summed E-state index contributed by atoms with van der Waals surface area (Å²) in [6, 6.07) is 1.46. The molecule has 2 aliphatic carbocycles.